The molecule has 0 amide bonds. The first kappa shape index (κ1) is 37.7. The summed E-state index contributed by atoms with van der Waals surface area (Å²) in [6.07, 6.45) is -2.76. The zero-order chi connectivity index (χ0) is 32.5. The summed E-state index contributed by atoms with van der Waals surface area (Å²) >= 11 is 0. The summed E-state index contributed by atoms with van der Waals surface area (Å²) < 4.78 is 22.9. The molecule has 2 heterocycles. The highest BCUT2D eigenvalue weighted by atomic mass is 16.7. The van der Waals surface area contributed by atoms with E-state index in [1.54, 1.807) is 13.0 Å². The van der Waals surface area contributed by atoms with E-state index in [4.69, 9.17) is 18.9 Å². The van der Waals surface area contributed by atoms with Crippen LogP contribution in [0.2, 0.25) is 0 Å². The highest BCUT2D eigenvalue weighted by molar-refractivity contribution is 5.09. The zero-order valence-corrected chi connectivity index (χ0v) is 26.4. The van der Waals surface area contributed by atoms with Gasteiger partial charge < -0.3 is 54.7 Å². The topological polar surface area (TPSA) is 179 Å². The minimum atomic E-state index is -1.59. The van der Waals surface area contributed by atoms with Gasteiger partial charge in [0.05, 0.1) is 24.4 Å². The van der Waals surface area contributed by atoms with Gasteiger partial charge in [0.2, 0.25) is 0 Å². The van der Waals surface area contributed by atoms with Crippen molar-refractivity contribution in [1.82, 2.24) is 0 Å². The number of rotatable bonds is 15. The van der Waals surface area contributed by atoms with Crippen LogP contribution in [0.25, 0.3) is 0 Å². The van der Waals surface area contributed by atoms with Crippen molar-refractivity contribution in [2.75, 3.05) is 6.61 Å². The summed E-state index contributed by atoms with van der Waals surface area (Å²) in [5.41, 5.74) is 2.40. The van der Waals surface area contributed by atoms with Crippen molar-refractivity contribution in [3.63, 3.8) is 0 Å². The van der Waals surface area contributed by atoms with Gasteiger partial charge in [-0.15, -0.1) is 6.58 Å². The van der Waals surface area contributed by atoms with Gasteiger partial charge in [-0.2, -0.15) is 0 Å². The Bertz CT molecular complexity index is 957. The van der Waals surface area contributed by atoms with Crippen LogP contribution in [-0.2, 0) is 18.9 Å². The Morgan fingerprint density at radius 3 is 2.07 bits per heavy atom. The molecule has 0 aromatic heterocycles. The molecule has 0 aromatic rings. The highest BCUT2D eigenvalue weighted by Crippen LogP contribution is 2.28. The molecule has 248 valence electrons. The predicted molar refractivity (Wildman–Crippen MR) is 161 cm³/mol. The SMILES string of the molecule is C=CC(C)(O)CC/C=C(\C)CC/C=C(\C)CC(C=C(C)C)O[C@@H]1O[C@H](CO[C@H]2O[C@@H](C)[C@@H](O)[C@@H](O)[C@@H]2O)[C@@H](O)[C@H](O)[C@H]1O. The second kappa shape index (κ2) is 17.3. The van der Waals surface area contributed by atoms with E-state index in [1.807, 2.05) is 26.8 Å². The lowest BCUT2D eigenvalue weighted by atomic mass is 9.98. The van der Waals surface area contributed by atoms with Crippen LogP contribution in [0.3, 0.4) is 0 Å². The fourth-order valence-electron chi connectivity index (χ4n) is 4.96. The fourth-order valence-corrected chi connectivity index (χ4v) is 4.96. The number of allylic oxidation sites excluding steroid dienone is 4. The number of ether oxygens (including phenoxy) is 4. The van der Waals surface area contributed by atoms with Gasteiger partial charge >= 0.3 is 0 Å². The zero-order valence-electron chi connectivity index (χ0n) is 26.4. The highest BCUT2D eigenvalue weighted by Gasteiger charge is 2.47. The smallest absolute Gasteiger partial charge is 0.187 e. The van der Waals surface area contributed by atoms with Crippen LogP contribution in [0.15, 0.2) is 47.6 Å². The molecule has 2 fully saturated rings. The largest absolute Gasteiger partial charge is 0.388 e. The molecular formula is C32H54O11. The van der Waals surface area contributed by atoms with E-state index < -0.39 is 73.1 Å². The van der Waals surface area contributed by atoms with E-state index in [1.165, 1.54) is 12.5 Å². The predicted octanol–water partition coefficient (Wildman–Crippen LogP) is 1.77. The summed E-state index contributed by atoms with van der Waals surface area (Å²) in [7, 11) is 0. The second-order valence-electron chi connectivity index (χ2n) is 12.4. The van der Waals surface area contributed by atoms with E-state index in [0.717, 1.165) is 30.4 Å². The third kappa shape index (κ3) is 11.8. The Labute approximate surface area is 255 Å². The van der Waals surface area contributed by atoms with Crippen LogP contribution >= 0.6 is 0 Å². The lowest BCUT2D eigenvalue weighted by Crippen LogP contribution is -2.61. The maximum Gasteiger partial charge on any atom is 0.187 e. The summed E-state index contributed by atoms with van der Waals surface area (Å²) in [5, 5.41) is 71.9. The van der Waals surface area contributed by atoms with Gasteiger partial charge in [-0.25, -0.2) is 0 Å². The van der Waals surface area contributed by atoms with Crippen LogP contribution in [-0.4, -0.2) is 115 Å². The van der Waals surface area contributed by atoms with Crippen LogP contribution in [0.5, 0.6) is 0 Å². The molecular weight excluding hydrogens is 560 g/mol. The summed E-state index contributed by atoms with van der Waals surface area (Å²) in [5.74, 6) is 0. The Kier molecular flexibility index (Phi) is 15.2. The molecule has 2 saturated heterocycles. The van der Waals surface area contributed by atoms with E-state index in [-0.39, 0.29) is 6.61 Å². The second-order valence-corrected chi connectivity index (χ2v) is 12.4. The van der Waals surface area contributed by atoms with Crippen LogP contribution in [0, 0.1) is 0 Å². The first-order valence-corrected chi connectivity index (χ1v) is 15.0. The molecule has 0 aromatic carbocycles. The Hall–Kier alpha value is -1.48. The quantitative estimate of drug-likeness (QED) is 0.134. The molecule has 0 saturated carbocycles. The number of hydrogen-bond donors (Lipinski definition) is 7. The average Bonchev–Trinajstić information content (AvgIpc) is 2.93. The van der Waals surface area contributed by atoms with Gasteiger partial charge in [-0.05, 0) is 73.6 Å². The minimum absolute atomic E-state index is 0.355. The monoisotopic (exact) mass is 614 g/mol. The third-order valence-corrected chi connectivity index (χ3v) is 7.87. The first-order valence-electron chi connectivity index (χ1n) is 15.0. The molecule has 0 bridgehead atoms. The molecule has 2 aliphatic rings. The molecule has 2 unspecified atom stereocenters. The van der Waals surface area contributed by atoms with Gasteiger partial charge in [-0.1, -0.05) is 41.0 Å². The van der Waals surface area contributed by atoms with Crippen molar-refractivity contribution in [3.8, 4) is 0 Å². The minimum Gasteiger partial charge on any atom is -0.388 e. The lowest BCUT2D eigenvalue weighted by Gasteiger charge is -2.43. The van der Waals surface area contributed by atoms with Crippen LogP contribution in [0.4, 0.5) is 0 Å². The van der Waals surface area contributed by atoms with Crippen molar-refractivity contribution >= 4 is 0 Å². The molecule has 0 spiro atoms. The molecule has 7 N–H and O–H groups in total. The molecule has 0 aliphatic carbocycles. The lowest BCUT2D eigenvalue weighted by molar-refractivity contribution is -0.331. The molecule has 2 rings (SSSR count). The van der Waals surface area contributed by atoms with Crippen molar-refractivity contribution in [3.05, 3.63) is 47.6 Å². The molecule has 0 radical (unpaired) electrons. The molecule has 2 aliphatic heterocycles. The molecule has 43 heavy (non-hydrogen) atoms. The van der Waals surface area contributed by atoms with Gasteiger partial charge in [0, 0.05) is 0 Å². The number of aliphatic hydroxyl groups excluding tert-OH is 6. The van der Waals surface area contributed by atoms with Crippen molar-refractivity contribution in [2.45, 2.75) is 147 Å². The van der Waals surface area contributed by atoms with Crippen LogP contribution < -0.4 is 0 Å². The van der Waals surface area contributed by atoms with Gasteiger partial charge in [0.15, 0.2) is 12.6 Å². The number of aliphatic hydroxyl groups is 7. The maximum absolute atomic E-state index is 10.7. The van der Waals surface area contributed by atoms with E-state index in [0.29, 0.717) is 12.8 Å². The van der Waals surface area contributed by atoms with E-state index in [2.05, 4.69) is 25.7 Å². The third-order valence-electron chi connectivity index (χ3n) is 7.87. The normalized spacial score (nSPS) is 36.1. The van der Waals surface area contributed by atoms with E-state index >= 15 is 0 Å². The number of hydrogen-bond acceptors (Lipinski definition) is 11. The van der Waals surface area contributed by atoms with Crippen molar-refractivity contribution in [1.29, 1.82) is 0 Å². The molecule has 12 atom stereocenters. The first-order chi connectivity index (χ1) is 20.1. The van der Waals surface area contributed by atoms with Crippen molar-refractivity contribution < 1.29 is 54.7 Å². The van der Waals surface area contributed by atoms with Crippen molar-refractivity contribution in [2.24, 2.45) is 0 Å². The Morgan fingerprint density at radius 1 is 0.837 bits per heavy atom. The Morgan fingerprint density at radius 2 is 1.44 bits per heavy atom. The van der Waals surface area contributed by atoms with E-state index in [9.17, 15) is 35.7 Å². The summed E-state index contributed by atoms with van der Waals surface area (Å²) in [6, 6.07) is 0. The standard InChI is InChI=1S/C32H54O11/c1-8-32(7,39)14-10-13-19(4)11-9-12-20(5)16-22(15-18(2)3)42-31-29(38)27(36)25(34)23(43-31)17-40-30-28(37)26(35)24(33)21(6)41-30/h8,12-13,15,21-31,33-39H,1,9-11,14,16-17H2,2-7H3/b19-13+,20-12+/t21-,22?,23+,24+,25+,26+,27-,28-,29+,30-,31+,32?/m0/s1. The molecule has 11 heteroatoms. The average molecular weight is 615 g/mol. The fraction of sp³-hybridized carbons (Fsp3) is 0.750. The Balaban J connectivity index is 1.99. The summed E-state index contributed by atoms with van der Waals surface area (Å²) in [4.78, 5) is 0. The van der Waals surface area contributed by atoms with Crippen LogP contribution in [0.1, 0.15) is 73.6 Å². The molecule has 11 nitrogen and oxygen atoms in total. The van der Waals surface area contributed by atoms with Gasteiger partial charge in [0.25, 0.3) is 0 Å². The van der Waals surface area contributed by atoms with Gasteiger partial charge in [0.1, 0.15) is 42.7 Å². The summed E-state index contributed by atoms with van der Waals surface area (Å²) in [6.45, 7) is 14.5. The van der Waals surface area contributed by atoms with Gasteiger partial charge in [-0.3, -0.25) is 0 Å². The maximum atomic E-state index is 10.7.